The predicted molar refractivity (Wildman–Crippen MR) is 58.2 cm³/mol. The molecule has 0 radical (unpaired) electrons. The van der Waals surface area contributed by atoms with E-state index in [-0.39, 0.29) is 11.3 Å². The summed E-state index contributed by atoms with van der Waals surface area (Å²) >= 11 is 0. The molecular formula is C10H21N3O2. The first-order valence-electron chi connectivity index (χ1n) is 5.38. The van der Waals surface area contributed by atoms with Crippen molar-refractivity contribution in [3.63, 3.8) is 0 Å². The molecule has 1 amide bonds. The molecule has 1 rings (SSSR count). The third kappa shape index (κ3) is 3.44. The molecule has 1 aliphatic rings. The summed E-state index contributed by atoms with van der Waals surface area (Å²) in [6.07, 6.45) is 0.846. The van der Waals surface area contributed by atoms with Gasteiger partial charge in [0.15, 0.2) is 0 Å². The Morgan fingerprint density at radius 2 is 2.27 bits per heavy atom. The normalized spacial score (nSPS) is 27.1. The van der Waals surface area contributed by atoms with E-state index in [4.69, 9.17) is 16.2 Å². The first-order chi connectivity index (χ1) is 7.08. The summed E-state index contributed by atoms with van der Waals surface area (Å²) in [4.78, 5) is 13.4. The van der Waals surface area contributed by atoms with Gasteiger partial charge in [-0.15, -0.1) is 0 Å². The van der Waals surface area contributed by atoms with Crippen LogP contribution in [-0.4, -0.2) is 50.2 Å². The molecule has 1 unspecified atom stereocenters. The lowest BCUT2D eigenvalue weighted by Crippen LogP contribution is -2.37. The van der Waals surface area contributed by atoms with Gasteiger partial charge in [0.2, 0.25) is 5.91 Å². The largest absolute Gasteiger partial charge is 0.379 e. The van der Waals surface area contributed by atoms with Gasteiger partial charge in [-0.25, -0.2) is 0 Å². The van der Waals surface area contributed by atoms with Gasteiger partial charge in [-0.1, -0.05) is 0 Å². The van der Waals surface area contributed by atoms with Gasteiger partial charge in [-0.05, 0) is 19.9 Å². The summed E-state index contributed by atoms with van der Waals surface area (Å²) in [5.74, 6) is -0.201. The summed E-state index contributed by atoms with van der Waals surface area (Å²) in [7, 11) is 0. The number of likely N-dealkylation sites (tertiary alicyclic amines) is 1. The van der Waals surface area contributed by atoms with Crippen LogP contribution in [0.2, 0.25) is 0 Å². The van der Waals surface area contributed by atoms with Gasteiger partial charge in [-0.3, -0.25) is 9.69 Å². The van der Waals surface area contributed by atoms with E-state index in [0.29, 0.717) is 19.8 Å². The molecule has 0 bridgehead atoms. The number of primary amides is 1. The standard InChI is InChI=1S/C10H21N3O2/c1-10(9(12)14)2-4-13(8-10)5-7-15-6-3-11/h2-8,11H2,1H3,(H2,12,14). The summed E-state index contributed by atoms with van der Waals surface area (Å²) in [5, 5.41) is 0. The molecule has 1 aliphatic heterocycles. The minimum atomic E-state index is -0.353. The van der Waals surface area contributed by atoms with Crippen LogP contribution in [0.3, 0.4) is 0 Å². The highest BCUT2D eigenvalue weighted by molar-refractivity contribution is 5.81. The Morgan fingerprint density at radius 1 is 1.53 bits per heavy atom. The van der Waals surface area contributed by atoms with Crippen molar-refractivity contribution in [1.29, 1.82) is 0 Å². The second-order valence-electron chi connectivity index (χ2n) is 4.35. The van der Waals surface area contributed by atoms with Crippen LogP contribution >= 0.6 is 0 Å². The van der Waals surface area contributed by atoms with E-state index in [9.17, 15) is 4.79 Å². The molecule has 5 nitrogen and oxygen atoms in total. The van der Waals surface area contributed by atoms with Crippen molar-refractivity contribution in [2.75, 3.05) is 39.4 Å². The molecule has 0 aliphatic carbocycles. The predicted octanol–water partition coefficient (Wildman–Crippen LogP) is -0.841. The molecule has 1 heterocycles. The third-order valence-corrected chi connectivity index (χ3v) is 2.96. The number of nitrogens with zero attached hydrogens (tertiary/aromatic N) is 1. The Bertz CT molecular complexity index is 223. The zero-order valence-electron chi connectivity index (χ0n) is 9.37. The number of carbonyl (C=O) groups excluding carboxylic acids is 1. The second-order valence-corrected chi connectivity index (χ2v) is 4.35. The minimum Gasteiger partial charge on any atom is -0.379 e. The van der Waals surface area contributed by atoms with Crippen molar-refractivity contribution in [2.45, 2.75) is 13.3 Å². The molecule has 1 fully saturated rings. The number of nitrogens with two attached hydrogens (primary N) is 2. The molecule has 5 heteroatoms. The van der Waals surface area contributed by atoms with E-state index in [1.165, 1.54) is 0 Å². The van der Waals surface area contributed by atoms with Crippen molar-refractivity contribution >= 4 is 5.91 Å². The molecule has 0 saturated carbocycles. The molecule has 1 atom stereocenters. The molecule has 0 aromatic carbocycles. The van der Waals surface area contributed by atoms with Crippen LogP contribution in [0, 0.1) is 5.41 Å². The number of hydrogen-bond donors (Lipinski definition) is 2. The lowest BCUT2D eigenvalue weighted by atomic mass is 9.89. The lowest BCUT2D eigenvalue weighted by Gasteiger charge is -2.20. The monoisotopic (exact) mass is 215 g/mol. The third-order valence-electron chi connectivity index (χ3n) is 2.96. The average molecular weight is 215 g/mol. The second kappa shape index (κ2) is 5.44. The maximum atomic E-state index is 11.2. The maximum Gasteiger partial charge on any atom is 0.224 e. The number of hydrogen-bond acceptors (Lipinski definition) is 4. The van der Waals surface area contributed by atoms with E-state index < -0.39 is 0 Å². The van der Waals surface area contributed by atoms with E-state index >= 15 is 0 Å². The highest BCUT2D eigenvalue weighted by Gasteiger charge is 2.38. The lowest BCUT2D eigenvalue weighted by molar-refractivity contribution is -0.126. The van der Waals surface area contributed by atoms with Gasteiger partial charge in [0.1, 0.15) is 0 Å². The molecule has 0 aromatic heterocycles. The average Bonchev–Trinajstić information content (AvgIpc) is 2.57. The van der Waals surface area contributed by atoms with Crippen molar-refractivity contribution in [3.8, 4) is 0 Å². The van der Waals surface area contributed by atoms with Gasteiger partial charge in [0.25, 0.3) is 0 Å². The Balaban J connectivity index is 2.22. The van der Waals surface area contributed by atoms with Gasteiger partial charge in [0, 0.05) is 19.6 Å². The molecule has 1 saturated heterocycles. The van der Waals surface area contributed by atoms with E-state index in [1.54, 1.807) is 0 Å². The van der Waals surface area contributed by atoms with Crippen molar-refractivity contribution in [1.82, 2.24) is 4.90 Å². The smallest absolute Gasteiger partial charge is 0.224 e. The van der Waals surface area contributed by atoms with Crippen LogP contribution < -0.4 is 11.5 Å². The molecule has 88 valence electrons. The molecular weight excluding hydrogens is 194 g/mol. The summed E-state index contributed by atoms with van der Waals surface area (Å²) < 4.78 is 5.29. The zero-order chi connectivity index (χ0) is 11.3. The van der Waals surface area contributed by atoms with Crippen molar-refractivity contribution < 1.29 is 9.53 Å². The Labute approximate surface area is 90.7 Å². The minimum absolute atomic E-state index is 0.201. The quantitative estimate of drug-likeness (QED) is 0.566. The fourth-order valence-corrected chi connectivity index (χ4v) is 1.83. The van der Waals surface area contributed by atoms with Crippen molar-refractivity contribution in [3.05, 3.63) is 0 Å². The van der Waals surface area contributed by atoms with Crippen LogP contribution in [0.4, 0.5) is 0 Å². The first-order valence-corrected chi connectivity index (χ1v) is 5.38. The molecule has 4 N–H and O–H groups in total. The summed E-state index contributed by atoms with van der Waals surface area (Å²) in [6.45, 7) is 6.27. The SMILES string of the molecule is CC1(C(N)=O)CCN(CCOCCN)C1. The van der Waals surface area contributed by atoms with Crippen LogP contribution in [0.5, 0.6) is 0 Å². The topological polar surface area (TPSA) is 81.6 Å². The van der Waals surface area contributed by atoms with Gasteiger partial charge in [0.05, 0.1) is 18.6 Å². The van der Waals surface area contributed by atoms with Crippen LogP contribution in [0.1, 0.15) is 13.3 Å². The first kappa shape index (κ1) is 12.4. The van der Waals surface area contributed by atoms with Gasteiger partial charge >= 0.3 is 0 Å². The highest BCUT2D eigenvalue weighted by Crippen LogP contribution is 2.28. The van der Waals surface area contributed by atoms with E-state index in [0.717, 1.165) is 26.1 Å². The Hall–Kier alpha value is -0.650. The number of amides is 1. The van der Waals surface area contributed by atoms with E-state index in [1.807, 2.05) is 6.92 Å². The highest BCUT2D eigenvalue weighted by atomic mass is 16.5. The summed E-state index contributed by atoms with van der Waals surface area (Å²) in [6, 6.07) is 0. The molecule has 0 spiro atoms. The van der Waals surface area contributed by atoms with Gasteiger partial charge < -0.3 is 16.2 Å². The van der Waals surface area contributed by atoms with Crippen molar-refractivity contribution in [2.24, 2.45) is 16.9 Å². The maximum absolute atomic E-state index is 11.2. The zero-order valence-corrected chi connectivity index (χ0v) is 9.37. The van der Waals surface area contributed by atoms with Crippen LogP contribution in [0.15, 0.2) is 0 Å². The van der Waals surface area contributed by atoms with E-state index in [2.05, 4.69) is 4.90 Å². The number of carbonyl (C=O) groups is 1. The van der Waals surface area contributed by atoms with Crippen LogP contribution in [-0.2, 0) is 9.53 Å². The Kier molecular flexibility index (Phi) is 4.50. The van der Waals surface area contributed by atoms with Gasteiger partial charge in [-0.2, -0.15) is 0 Å². The molecule has 15 heavy (non-hydrogen) atoms. The van der Waals surface area contributed by atoms with Crippen LogP contribution in [0.25, 0.3) is 0 Å². The Morgan fingerprint density at radius 3 is 2.80 bits per heavy atom. The number of ether oxygens (including phenoxy) is 1. The molecule has 0 aromatic rings. The fourth-order valence-electron chi connectivity index (χ4n) is 1.83. The number of rotatable bonds is 6. The summed E-state index contributed by atoms with van der Waals surface area (Å²) in [5.41, 5.74) is 10.3. The fraction of sp³-hybridized carbons (Fsp3) is 0.900.